The van der Waals surface area contributed by atoms with Crippen molar-refractivity contribution in [2.24, 2.45) is 5.41 Å². The van der Waals surface area contributed by atoms with Gasteiger partial charge in [0.2, 0.25) is 0 Å². The average molecular weight is 210 g/mol. The highest BCUT2D eigenvalue weighted by Gasteiger charge is 2.32. The average Bonchev–Trinajstić information content (AvgIpc) is 2.19. The molecule has 0 spiro atoms. The van der Waals surface area contributed by atoms with E-state index in [1.165, 1.54) is 7.11 Å². The van der Waals surface area contributed by atoms with Crippen LogP contribution in [0.2, 0.25) is 0 Å². The van der Waals surface area contributed by atoms with Gasteiger partial charge in [-0.15, -0.1) is 0 Å². The monoisotopic (exact) mass is 210 g/mol. The molecule has 1 aliphatic rings. The first-order chi connectivity index (χ1) is 6.97. The van der Waals surface area contributed by atoms with Crippen molar-refractivity contribution in [1.29, 1.82) is 0 Å². The minimum Gasteiger partial charge on any atom is -0.469 e. The summed E-state index contributed by atoms with van der Waals surface area (Å²) in [5.41, 5.74) is 0.525. The Bertz CT molecular complexity index is 300. The molecule has 0 unspecified atom stereocenters. The fourth-order valence-electron chi connectivity index (χ4n) is 1.80. The number of ether oxygens (including phenoxy) is 1. The Labute approximate surface area is 90.5 Å². The lowest BCUT2D eigenvalue weighted by Gasteiger charge is -2.27. The first-order valence-corrected chi connectivity index (χ1v) is 5.28. The van der Waals surface area contributed by atoms with Crippen molar-refractivity contribution in [1.82, 2.24) is 0 Å². The van der Waals surface area contributed by atoms with E-state index >= 15 is 0 Å². The molecule has 0 N–H and O–H groups in total. The second-order valence-corrected chi connectivity index (χ2v) is 4.56. The number of rotatable bonds is 3. The van der Waals surface area contributed by atoms with E-state index < -0.39 is 0 Å². The smallest absolute Gasteiger partial charge is 0.305 e. The zero-order chi connectivity index (χ0) is 11.5. The fourth-order valence-corrected chi connectivity index (χ4v) is 1.80. The number of hydrogen-bond acceptors (Lipinski definition) is 3. The highest BCUT2D eigenvalue weighted by Crippen LogP contribution is 2.33. The number of carbonyl (C=O) groups is 2. The van der Waals surface area contributed by atoms with Crippen molar-refractivity contribution < 1.29 is 14.3 Å². The molecule has 0 amide bonds. The second-order valence-electron chi connectivity index (χ2n) is 4.56. The maximum atomic E-state index is 11.9. The summed E-state index contributed by atoms with van der Waals surface area (Å²) in [6.07, 6.45) is 4.58. The van der Waals surface area contributed by atoms with Gasteiger partial charge in [-0.3, -0.25) is 9.59 Å². The van der Waals surface area contributed by atoms with Crippen LogP contribution in [-0.2, 0) is 14.3 Å². The van der Waals surface area contributed by atoms with Crippen LogP contribution in [0, 0.1) is 5.41 Å². The molecule has 0 aromatic heterocycles. The number of hydrogen-bond donors (Lipinski definition) is 0. The molecule has 0 fully saturated rings. The first kappa shape index (κ1) is 12.0. The predicted molar refractivity (Wildman–Crippen MR) is 57.4 cm³/mol. The van der Waals surface area contributed by atoms with Crippen LogP contribution in [0.3, 0.4) is 0 Å². The minimum absolute atomic E-state index is 0.178. The topological polar surface area (TPSA) is 43.4 Å². The molecule has 0 aromatic carbocycles. The van der Waals surface area contributed by atoms with Crippen LogP contribution in [0.1, 0.15) is 39.5 Å². The second kappa shape index (κ2) is 4.60. The molecule has 0 saturated carbocycles. The molecule has 1 rings (SSSR count). The van der Waals surface area contributed by atoms with Gasteiger partial charge in [-0.2, -0.15) is 0 Å². The molecule has 0 aliphatic heterocycles. The van der Waals surface area contributed by atoms with Gasteiger partial charge in [0.1, 0.15) is 0 Å². The van der Waals surface area contributed by atoms with Crippen molar-refractivity contribution in [2.75, 3.05) is 7.11 Å². The van der Waals surface area contributed by atoms with Gasteiger partial charge in [-0.25, -0.2) is 0 Å². The summed E-state index contributed by atoms with van der Waals surface area (Å²) in [6.45, 7) is 3.92. The van der Waals surface area contributed by atoms with Crippen molar-refractivity contribution in [3.63, 3.8) is 0 Å². The molecule has 0 saturated heterocycles. The van der Waals surface area contributed by atoms with E-state index in [-0.39, 0.29) is 17.2 Å². The standard InChI is InChI=1S/C12H18O3/c1-12(2)8-4-5-9(11(12)14)6-7-10(13)15-3/h5H,4,6-8H2,1-3H3. The van der Waals surface area contributed by atoms with Crippen LogP contribution < -0.4 is 0 Å². The van der Waals surface area contributed by atoms with E-state index in [1.807, 2.05) is 19.9 Å². The Morgan fingerprint density at radius 1 is 1.53 bits per heavy atom. The summed E-state index contributed by atoms with van der Waals surface area (Å²) < 4.78 is 4.55. The van der Waals surface area contributed by atoms with Crippen molar-refractivity contribution >= 4 is 11.8 Å². The zero-order valence-electron chi connectivity index (χ0n) is 9.63. The van der Waals surface area contributed by atoms with Gasteiger partial charge in [-0.05, 0) is 24.8 Å². The third-order valence-corrected chi connectivity index (χ3v) is 2.89. The third kappa shape index (κ3) is 2.91. The summed E-state index contributed by atoms with van der Waals surface area (Å²) in [5, 5.41) is 0. The number of methoxy groups -OCH3 is 1. The van der Waals surface area contributed by atoms with Gasteiger partial charge in [0.25, 0.3) is 0 Å². The van der Waals surface area contributed by atoms with Crippen molar-refractivity contribution in [3.05, 3.63) is 11.6 Å². The Kier molecular flexibility index (Phi) is 3.66. The van der Waals surface area contributed by atoms with E-state index in [4.69, 9.17) is 0 Å². The normalized spacial score (nSPS) is 19.7. The Balaban J connectivity index is 2.59. The van der Waals surface area contributed by atoms with Gasteiger partial charge in [0.15, 0.2) is 5.78 Å². The third-order valence-electron chi connectivity index (χ3n) is 2.89. The first-order valence-electron chi connectivity index (χ1n) is 5.28. The van der Waals surface area contributed by atoms with E-state index in [0.29, 0.717) is 12.8 Å². The SMILES string of the molecule is COC(=O)CCC1=CCCC(C)(C)C1=O. The molecule has 15 heavy (non-hydrogen) atoms. The summed E-state index contributed by atoms with van der Waals surface area (Å²) in [5.74, 6) is -0.0790. The summed E-state index contributed by atoms with van der Waals surface area (Å²) >= 11 is 0. The highest BCUT2D eigenvalue weighted by molar-refractivity contribution is 6.00. The summed E-state index contributed by atoms with van der Waals surface area (Å²) in [7, 11) is 1.36. The highest BCUT2D eigenvalue weighted by atomic mass is 16.5. The molecule has 0 aromatic rings. The van der Waals surface area contributed by atoms with Crippen LogP contribution in [0.25, 0.3) is 0 Å². The van der Waals surface area contributed by atoms with Gasteiger partial charge in [-0.1, -0.05) is 19.9 Å². The van der Waals surface area contributed by atoms with E-state index in [9.17, 15) is 9.59 Å². The molecular formula is C12H18O3. The lowest BCUT2D eigenvalue weighted by molar-refractivity contribution is -0.140. The van der Waals surface area contributed by atoms with Gasteiger partial charge in [0.05, 0.1) is 7.11 Å². The molecule has 3 nitrogen and oxygen atoms in total. The van der Waals surface area contributed by atoms with Crippen LogP contribution in [0.15, 0.2) is 11.6 Å². The fraction of sp³-hybridized carbons (Fsp3) is 0.667. The van der Waals surface area contributed by atoms with E-state index in [0.717, 1.165) is 18.4 Å². The largest absolute Gasteiger partial charge is 0.469 e. The molecular weight excluding hydrogens is 192 g/mol. The quantitative estimate of drug-likeness (QED) is 0.671. The number of Topliss-reactive ketones (excluding diaryl/α,β-unsaturated/α-hetero) is 1. The number of carbonyl (C=O) groups excluding carboxylic acids is 2. The van der Waals surface area contributed by atoms with E-state index in [1.54, 1.807) is 0 Å². The number of ketones is 1. The molecule has 0 bridgehead atoms. The zero-order valence-corrected chi connectivity index (χ0v) is 9.63. The Morgan fingerprint density at radius 2 is 2.20 bits per heavy atom. The number of esters is 1. The molecule has 3 heteroatoms. The molecule has 1 aliphatic carbocycles. The van der Waals surface area contributed by atoms with Crippen LogP contribution in [0.4, 0.5) is 0 Å². The van der Waals surface area contributed by atoms with Crippen LogP contribution in [0.5, 0.6) is 0 Å². The minimum atomic E-state index is -0.264. The molecule has 84 valence electrons. The van der Waals surface area contributed by atoms with Gasteiger partial charge >= 0.3 is 5.97 Å². The van der Waals surface area contributed by atoms with Crippen molar-refractivity contribution in [2.45, 2.75) is 39.5 Å². The number of allylic oxidation sites excluding steroid dienone is 2. The van der Waals surface area contributed by atoms with Crippen molar-refractivity contribution in [3.8, 4) is 0 Å². The molecule has 0 radical (unpaired) electrons. The van der Waals surface area contributed by atoms with Gasteiger partial charge in [0, 0.05) is 11.8 Å². The summed E-state index contributed by atoms with van der Waals surface area (Å²) in [4.78, 5) is 22.9. The lowest BCUT2D eigenvalue weighted by atomic mass is 9.75. The molecule has 0 heterocycles. The summed E-state index contributed by atoms with van der Waals surface area (Å²) in [6, 6.07) is 0. The van der Waals surface area contributed by atoms with E-state index in [2.05, 4.69) is 4.74 Å². The predicted octanol–water partition coefficient (Wildman–Crippen LogP) is 2.26. The maximum Gasteiger partial charge on any atom is 0.305 e. The Morgan fingerprint density at radius 3 is 2.80 bits per heavy atom. The van der Waals surface area contributed by atoms with Crippen LogP contribution >= 0.6 is 0 Å². The Hall–Kier alpha value is -1.12. The van der Waals surface area contributed by atoms with Gasteiger partial charge < -0.3 is 4.74 Å². The lowest BCUT2D eigenvalue weighted by Crippen LogP contribution is -2.28. The van der Waals surface area contributed by atoms with Crippen LogP contribution in [-0.4, -0.2) is 18.9 Å². The maximum absolute atomic E-state index is 11.9. The molecule has 0 atom stereocenters.